The Kier molecular flexibility index (Phi) is 6.50. The van der Waals surface area contributed by atoms with Gasteiger partial charge in [-0.25, -0.2) is 0 Å². The molecule has 20 heavy (non-hydrogen) atoms. The number of ether oxygens (including phenoxy) is 1. The van der Waals surface area contributed by atoms with E-state index in [9.17, 15) is 4.79 Å². The van der Waals surface area contributed by atoms with Gasteiger partial charge in [0.2, 0.25) is 5.91 Å². The number of carbonyl (C=O) groups excluding carboxylic acids is 1. The third-order valence-corrected chi connectivity index (χ3v) is 4.59. The standard InChI is InChI=1S/C15H24N2O2S/c1-17(10-6-14-3-2-12-20-14)15(18)7-11-19-13-4-8-16-9-5-13/h2-3,12-13,16H,4-11H2,1H3. The third-order valence-electron chi connectivity index (χ3n) is 3.66. The van der Waals surface area contributed by atoms with E-state index in [0.29, 0.717) is 19.1 Å². The summed E-state index contributed by atoms with van der Waals surface area (Å²) in [6.45, 7) is 3.39. The van der Waals surface area contributed by atoms with E-state index < -0.39 is 0 Å². The molecule has 4 nitrogen and oxygen atoms in total. The monoisotopic (exact) mass is 296 g/mol. The highest BCUT2D eigenvalue weighted by molar-refractivity contribution is 7.09. The summed E-state index contributed by atoms with van der Waals surface area (Å²) < 4.78 is 5.77. The van der Waals surface area contributed by atoms with E-state index >= 15 is 0 Å². The van der Waals surface area contributed by atoms with Gasteiger partial charge in [0, 0.05) is 18.5 Å². The molecule has 1 aliphatic heterocycles. The Morgan fingerprint density at radius 2 is 2.30 bits per heavy atom. The van der Waals surface area contributed by atoms with Gasteiger partial charge >= 0.3 is 0 Å². The van der Waals surface area contributed by atoms with Crippen molar-refractivity contribution in [3.05, 3.63) is 22.4 Å². The zero-order valence-electron chi connectivity index (χ0n) is 12.1. The maximum atomic E-state index is 12.0. The molecule has 1 aromatic heterocycles. The van der Waals surface area contributed by atoms with Crippen molar-refractivity contribution in [2.75, 3.05) is 33.3 Å². The molecule has 1 aliphatic rings. The number of nitrogens with zero attached hydrogens (tertiary/aromatic N) is 1. The summed E-state index contributed by atoms with van der Waals surface area (Å²) >= 11 is 1.74. The first kappa shape index (κ1) is 15.5. The summed E-state index contributed by atoms with van der Waals surface area (Å²) in [5, 5.41) is 5.38. The number of hydrogen-bond acceptors (Lipinski definition) is 4. The molecule has 0 radical (unpaired) electrons. The summed E-state index contributed by atoms with van der Waals surface area (Å²) in [7, 11) is 1.88. The van der Waals surface area contributed by atoms with Gasteiger partial charge in [-0.1, -0.05) is 6.07 Å². The van der Waals surface area contributed by atoms with Gasteiger partial charge in [0.15, 0.2) is 0 Å². The van der Waals surface area contributed by atoms with E-state index in [1.54, 1.807) is 11.3 Å². The van der Waals surface area contributed by atoms with Crippen LogP contribution in [0, 0.1) is 0 Å². The lowest BCUT2D eigenvalue weighted by Gasteiger charge is -2.23. The first-order valence-electron chi connectivity index (χ1n) is 7.34. The van der Waals surface area contributed by atoms with Crippen molar-refractivity contribution >= 4 is 17.2 Å². The minimum Gasteiger partial charge on any atom is -0.378 e. The third kappa shape index (κ3) is 5.23. The molecule has 0 spiro atoms. The average Bonchev–Trinajstić information content (AvgIpc) is 2.99. The van der Waals surface area contributed by atoms with E-state index in [1.807, 2.05) is 11.9 Å². The van der Waals surface area contributed by atoms with Gasteiger partial charge in [0.25, 0.3) is 0 Å². The lowest BCUT2D eigenvalue weighted by Crippen LogP contribution is -2.34. The predicted octanol–water partition coefficient (Wildman–Crippen LogP) is 1.91. The second kappa shape index (κ2) is 8.39. The Bertz CT molecular complexity index is 389. The van der Waals surface area contributed by atoms with Crippen LogP contribution in [-0.4, -0.2) is 50.2 Å². The molecule has 2 heterocycles. The summed E-state index contributed by atoms with van der Waals surface area (Å²) in [5.74, 6) is 0.176. The van der Waals surface area contributed by atoms with Crippen LogP contribution in [0.4, 0.5) is 0 Å². The van der Waals surface area contributed by atoms with Crippen molar-refractivity contribution in [2.45, 2.75) is 31.8 Å². The quantitative estimate of drug-likeness (QED) is 0.835. The van der Waals surface area contributed by atoms with Gasteiger partial charge in [-0.15, -0.1) is 11.3 Å². The molecule has 1 aromatic rings. The number of carbonyl (C=O) groups is 1. The predicted molar refractivity (Wildman–Crippen MR) is 82.1 cm³/mol. The average molecular weight is 296 g/mol. The Morgan fingerprint density at radius 1 is 1.50 bits per heavy atom. The second-order valence-corrected chi connectivity index (χ2v) is 6.25. The highest BCUT2D eigenvalue weighted by Crippen LogP contribution is 2.10. The lowest BCUT2D eigenvalue weighted by atomic mass is 10.1. The van der Waals surface area contributed by atoms with Crippen molar-refractivity contribution in [3.63, 3.8) is 0 Å². The molecule has 0 atom stereocenters. The zero-order chi connectivity index (χ0) is 14.2. The van der Waals surface area contributed by atoms with Crippen molar-refractivity contribution < 1.29 is 9.53 Å². The number of amides is 1. The van der Waals surface area contributed by atoms with E-state index in [0.717, 1.165) is 38.9 Å². The Labute approximate surface area is 125 Å². The van der Waals surface area contributed by atoms with Crippen LogP contribution in [-0.2, 0) is 16.0 Å². The Balaban J connectivity index is 1.58. The van der Waals surface area contributed by atoms with Gasteiger partial charge in [-0.3, -0.25) is 4.79 Å². The molecule has 5 heteroatoms. The van der Waals surface area contributed by atoms with Gasteiger partial charge in [-0.2, -0.15) is 0 Å². The maximum absolute atomic E-state index is 12.0. The topological polar surface area (TPSA) is 41.6 Å². The van der Waals surface area contributed by atoms with Gasteiger partial charge < -0.3 is 15.0 Å². The fraction of sp³-hybridized carbons (Fsp3) is 0.667. The molecule has 0 aliphatic carbocycles. The number of thiophene rings is 1. The minimum atomic E-state index is 0.176. The minimum absolute atomic E-state index is 0.176. The number of likely N-dealkylation sites (N-methyl/N-ethyl adjacent to an activating group) is 1. The molecule has 2 rings (SSSR count). The summed E-state index contributed by atoms with van der Waals surface area (Å²) in [6, 6.07) is 4.16. The summed E-state index contributed by atoms with van der Waals surface area (Å²) in [5.41, 5.74) is 0. The fourth-order valence-electron chi connectivity index (χ4n) is 2.32. The molecule has 1 fully saturated rings. The van der Waals surface area contributed by atoms with Crippen LogP contribution in [0.1, 0.15) is 24.1 Å². The highest BCUT2D eigenvalue weighted by Gasteiger charge is 2.14. The molecule has 0 saturated carbocycles. The van der Waals surface area contributed by atoms with Gasteiger partial charge in [0.05, 0.1) is 19.1 Å². The largest absolute Gasteiger partial charge is 0.378 e. The number of piperidine rings is 1. The molecular weight excluding hydrogens is 272 g/mol. The fourth-order valence-corrected chi connectivity index (χ4v) is 3.02. The van der Waals surface area contributed by atoms with Crippen molar-refractivity contribution in [1.82, 2.24) is 10.2 Å². The van der Waals surface area contributed by atoms with E-state index in [2.05, 4.69) is 22.8 Å². The number of nitrogens with one attached hydrogen (secondary N) is 1. The van der Waals surface area contributed by atoms with Crippen molar-refractivity contribution in [2.24, 2.45) is 0 Å². The first-order valence-corrected chi connectivity index (χ1v) is 8.22. The van der Waals surface area contributed by atoms with Crippen LogP contribution >= 0.6 is 11.3 Å². The second-order valence-electron chi connectivity index (χ2n) is 5.21. The smallest absolute Gasteiger partial charge is 0.224 e. The molecule has 112 valence electrons. The maximum Gasteiger partial charge on any atom is 0.224 e. The Hall–Kier alpha value is -0.910. The SMILES string of the molecule is CN(CCc1cccs1)C(=O)CCOC1CCNCC1. The molecular formula is C15H24N2O2S. The van der Waals surface area contributed by atoms with Crippen LogP contribution < -0.4 is 5.32 Å². The van der Waals surface area contributed by atoms with Crippen LogP contribution in [0.3, 0.4) is 0 Å². The van der Waals surface area contributed by atoms with E-state index in [4.69, 9.17) is 4.74 Å². The normalized spacial score (nSPS) is 16.2. The van der Waals surface area contributed by atoms with Gasteiger partial charge in [0.1, 0.15) is 0 Å². The van der Waals surface area contributed by atoms with Crippen LogP contribution in [0.25, 0.3) is 0 Å². The van der Waals surface area contributed by atoms with Gasteiger partial charge in [-0.05, 0) is 43.8 Å². The lowest BCUT2D eigenvalue weighted by molar-refractivity contribution is -0.131. The molecule has 1 saturated heterocycles. The number of rotatable bonds is 7. The van der Waals surface area contributed by atoms with Crippen LogP contribution in [0.5, 0.6) is 0 Å². The van der Waals surface area contributed by atoms with Crippen molar-refractivity contribution in [1.29, 1.82) is 0 Å². The highest BCUT2D eigenvalue weighted by atomic mass is 32.1. The summed E-state index contributed by atoms with van der Waals surface area (Å²) in [4.78, 5) is 15.1. The first-order chi connectivity index (χ1) is 9.75. The molecule has 0 unspecified atom stereocenters. The zero-order valence-corrected chi connectivity index (χ0v) is 13.0. The van der Waals surface area contributed by atoms with Crippen molar-refractivity contribution in [3.8, 4) is 0 Å². The van der Waals surface area contributed by atoms with Crippen LogP contribution in [0.15, 0.2) is 17.5 Å². The number of hydrogen-bond donors (Lipinski definition) is 1. The van der Waals surface area contributed by atoms with Crippen LogP contribution in [0.2, 0.25) is 0 Å². The Morgan fingerprint density at radius 3 is 3.00 bits per heavy atom. The van der Waals surface area contributed by atoms with E-state index in [1.165, 1.54) is 4.88 Å². The molecule has 1 amide bonds. The molecule has 0 aromatic carbocycles. The molecule has 0 bridgehead atoms. The summed E-state index contributed by atoms with van der Waals surface area (Å²) in [6.07, 6.45) is 3.88. The van der Waals surface area contributed by atoms with E-state index in [-0.39, 0.29) is 5.91 Å². The molecule has 1 N–H and O–H groups in total.